The van der Waals surface area contributed by atoms with Gasteiger partial charge >= 0.3 is 0 Å². The van der Waals surface area contributed by atoms with Crippen LogP contribution in [0.4, 0.5) is 0 Å². The van der Waals surface area contributed by atoms with Crippen LogP contribution in [0.2, 0.25) is 0 Å². The van der Waals surface area contributed by atoms with Gasteiger partial charge in [0.1, 0.15) is 11.3 Å². The molecule has 4 heteroatoms. The fraction of sp³-hybridized carbons (Fsp3) is 0.267. The molecule has 0 spiro atoms. The number of oxazole rings is 1. The summed E-state index contributed by atoms with van der Waals surface area (Å²) < 4.78 is 10.9. The zero-order valence-corrected chi connectivity index (χ0v) is 11.1. The summed E-state index contributed by atoms with van der Waals surface area (Å²) in [6, 6.07) is 8.08. The van der Waals surface area contributed by atoms with E-state index in [-0.39, 0.29) is 0 Å². The fourth-order valence-electron chi connectivity index (χ4n) is 2.26. The van der Waals surface area contributed by atoms with E-state index >= 15 is 0 Å². The van der Waals surface area contributed by atoms with E-state index in [0.29, 0.717) is 12.4 Å². The molecule has 2 aromatic heterocycles. The maximum Gasteiger partial charge on any atom is 0.191 e. The van der Waals surface area contributed by atoms with Crippen molar-refractivity contribution in [1.82, 2.24) is 10.3 Å². The molecule has 0 aliphatic rings. The van der Waals surface area contributed by atoms with Crippen molar-refractivity contribution in [2.24, 2.45) is 0 Å². The Labute approximate surface area is 111 Å². The molecule has 19 heavy (non-hydrogen) atoms. The predicted octanol–water partition coefficient (Wildman–Crippen LogP) is 3.33. The number of aromatic nitrogens is 1. The van der Waals surface area contributed by atoms with Crippen LogP contribution in [0, 0.1) is 13.8 Å². The lowest BCUT2D eigenvalue weighted by Crippen LogP contribution is -2.13. The third-order valence-corrected chi connectivity index (χ3v) is 3.19. The third kappa shape index (κ3) is 2.39. The minimum atomic E-state index is 0.681. The van der Waals surface area contributed by atoms with E-state index in [1.165, 1.54) is 5.56 Å². The van der Waals surface area contributed by atoms with Gasteiger partial charge in [-0.15, -0.1) is 0 Å². The first-order valence-electron chi connectivity index (χ1n) is 6.33. The Kier molecular flexibility index (Phi) is 3.09. The summed E-state index contributed by atoms with van der Waals surface area (Å²) in [5, 5.41) is 4.53. The average Bonchev–Trinajstić information content (AvgIpc) is 2.97. The first kappa shape index (κ1) is 12.0. The first-order valence-corrected chi connectivity index (χ1v) is 6.33. The number of hydrogen-bond donors (Lipinski definition) is 1. The Hall–Kier alpha value is -2.07. The third-order valence-electron chi connectivity index (χ3n) is 3.19. The number of nitrogens with one attached hydrogen (secondary N) is 1. The van der Waals surface area contributed by atoms with Gasteiger partial charge in [-0.2, -0.15) is 0 Å². The van der Waals surface area contributed by atoms with Gasteiger partial charge in [-0.05, 0) is 24.6 Å². The standard InChI is InChI=1S/C15H16N2O2/c1-10-15(19-11(2)17-10)9-16-8-12-4-3-5-14-13(12)6-7-18-14/h3-7,16H,8-9H2,1-2H3. The number of benzene rings is 1. The highest BCUT2D eigenvalue weighted by atomic mass is 16.4. The van der Waals surface area contributed by atoms with Crippen molar-refractivity contribution >= 4 is 11.0 Å². The molecule has 0 amide bonds. The van der Waals surface area contributed by atoms with Gasteiger partial charge in [-0.1, -0.05) is 12.1 Å². The Morgan fingerprint density at radius 2 is 2.05 bits per heavy atom. The Morgan fingerprint density at radius 1 is 1.16 bits per heavy atom. The normalized spacial score (nSPS) is 11.3. The van der Waals surface area contributed by atoms with Gasteiger partial charge in [0.15, 0.2) is 5.89 Å². The van der Waals surface area contributed by atoms with E-state index in [4.69, 9.17) is 8.83 Å². The molecule has 0 bridgehead atoms. The maximum absolute atomic E-state index is 5.53. The first-order chi connectivity index (χ1) is 9.24. The summed E-state index contributed by atoms with van der Waals surface area (Å²) in [6.07, 6.45) is 1.72. The quantitative estimate of drug-likeness (QED) is 0.778. The van der Waals surface area contributed by atoms with Crippen molar-refractivity contribution in [3.8, 4) is 0 Å². The van der Waals surface area contributed by atoms with Crippen LogP contribution >= 0.6 is 0 Å². The van der Waals surface area contributed by atoms with E-state index in [1.807, 2.05) is 32.0 Å². The predicted molar refractivity (Wildman–Crippen MR) is 72.7 cm³/mol. The molecule has 98 valence electrons. The molecule has 3 aromatic rings. The number of rotatable bonds is 4. The second-order valence-corrected chi connectivity index (χ2v) is 4.59. The van der Waals surface area contributed by atoms with E-state index in [1.54, 1.807) is 6.26 Å². The molecule has 0 atom stereocenters. The topological polar surface area (TPSA) is 51.2 Å². The van der Waals surface area contributed by atoms with Crippen LogP contribution in [-0.4, -0.2) is 4.98 Å². The lowest BCUT2D eigenvalue weighted by molar-refractivity contribution is 0.454. The number of nitrogens with zero attached hydrogens (tertiary/aromatic N) is 1. The molecular weight excluding hydrogens is 240 g/mol. The summed E-state index contributed by atoms with van der Waals surface area (Å²) in [4.78, 5) is 4.26. The second kappa shape index (κ2) is 4.90. The number of hydrogen-bond acceptors (Lipinski definition) is 4. The Bertz CT molecular complexity index is 697. The summed E-state index contributed by atoms with van der Waals surface area (Å²) >= 11 is 0. The summed E-state index contributed by atoms with van der Waals surface area (Å²) in [7, 11) is 0. The van der Waals surface area contributed by atoms with E-state index < -0.39 is 0 Å². The Morgan fingerprint density at radius 3 is 2.84 bits per heavy atom. The number of aryl methyl sites for hydroxylation is 2. The summed E-state index contributed by atoms with van der Waals surface area (Å²) in [6.45, 7) is 5.28. The molecular formula is C15H16N2O2. The van der Waals surface area contributed by atoms with Crippen LogP contribution in [0.5, 0.6) is 0 Å². The van der Waals surface area contributed by atoms with Gasteiger partial charge in [0, 0.05) is 18.9 Å². The van der Waals surface area contributed by atoms with Gasteiger partial charge < -0.3 is 14.2 Å². The molecule has 1 N–H and O–H groups in total. The molecule has 0 unspecified atom stereocenters. The lowest BCUT2D eigenvalue weighted by Gasteiger charge is -2.04. The van der Waals surface area contributed by atoms with Gasteiger partial charge in [0.25, 0.3) is 0 Å². The van der Waals surface area contributed by atoms with Crippen LogP contribution in [0.1, 0.15) is 22.9 Å². The van der Waals surface area contributed by atoms with Crippen molar-refractivity contribution < 1.29 is 8.83 Å². The van der Waals surface area contributed by atoms with Crippen molar-refractivity contribution in [1.29, 1.82) is 0 Å². The summed E-state index contributed by atoms with van der Waals surface area (Å²) in [5.74, 6) is 1.61. The van der Waals surface area contributed by atoms with E-state index in [2.05, 4.69) is 16.4 Å². The monoisotopic (exact) mass is 256 g/mol. The van der Waals surface area contributed by atoms with Crippen molar-refractivity contribution in [2.75, 3.05) is 0 Å². The van der Waals surface area contributed by atoms with E-state index in [0.717, 1.165) is 29.0 Å². The van der Waals surface area contributed by atoms with Gasteiger partial charge in [-0.25, -0.2) is 4.98 Å². The van der Waals surface area contributed by atoms with Crippen LogP contribution < -0.4 is 5.32 Å². The van der Waals surface area contributed by atoms with E-state index in [9.17, 15) is 0 Å². The maximum atomic E-state index is 5.53. The molecule has 0 aliphatic carbocycles. The lowest BCUT2D eigenvalue weighted by atomic mass is 10.1. The Balaban J connectivity index is 1.69. The van der Waals surface area contributed by atoms with Crippen molar-refractivity contribution in [3.05, 3.63) is 53.4 Å². The van der Waals surface area contributed by atoms with Gasteiger partial charge in [-0.3, -0.25) is 0 Å². The van der Waals surface area contributed by atoms with Crippen molar-refractivity contribution in [2.45, 2.75) is 26.9 Å². The highest BCUT2D eigenvalue weighted by Gasteiger charge is 2.07. The SMILES string of the molecule is Cc1nc(C)c(CNCc2cccc3occc23)o1. The molecule has 0 radical (unpaired) electrons. The van der Waals surface area contributed by atoms with Gasteiger partial charge in [0.2, 0.25) is 0 Å². The minimum absolute atomic E-state index is 0.681. The average molecular weight is 256 g/mol. The number of furan rings is 1. The molecule has 2 heterocycles. The zero-order valence-electron chi connectivity index (χ0n) is 11.1. The van der Waals surface area contributed by atoms with Gasteiger partial charge in [0.05, 0.1) is 18.5 Å². The molecule has 0 saturated heterocycles. The fourth-order valence-corrected chi connectivity index (χ4v) is 2.26. The molecule has 4 nitrogen and oxygen atoms in total. The molecule has 0 saturated carbocycles. The second-order valence-electron chi connectivity index (χ2n) is 4.59. The van der Waals surface area contributed by atoms with Crippen LogP contribution in [0.25, 0.3) is 11.0 Å². The number of fused-ring (bicyclic) bond motifs is 1. The molecule has 3 rings (SSSR count). The highest BCUT2D eigenvalue weighted by molar-refractivity contribution is 5.80. The minimum Gasteiger partial charge on any atom is -0.464 e. The molecule has 1 aromatic carbocycles. The zero-order chi connectivity index (χ0) is 13.2. The van der Waals surface area contributed by atoms with Crippen LogP contribution in [0.15, 0.2) is 39.4 Å². The largest absolute Gasteiger partial charge is 0.464 e. The smallest absolute Gasteiger partial charge is 0.191 e. The summed E-state index contributed by atoms with van der Waals surface area (Å²) in [5.41, 5.74) is 3.10. The highest BCUT2D eigenvalue weighted by Crippen LogP contribution is 2.19. The molecule has 0 aliphatic heterocycles. The van der Waals surface area contributed by atoms with Crippen LogP contribution in [0.3, 0.4) is 0 Å². The van der Waals surface area contributed by atoms with Crippen LogP contribution in [-0.2, 0) is 13.1 Å². The van der Waals surface area contributed by atoms with Crippen molar-refractivity contribution in [3.63, 3.8) is 0 Å². The molecule has 0 fully saturated rings.